The number of hydrogen-bond donors (Lipinski definition) is 1. The maximum Gasteiger partial charge on any atom is 0.233 e. The molecule has 0 aliphatic carbocycles. The van der Waals surface area contributed by atoms with E-state index in [0.717, 1.165) is 34.0 Å². The Balaban J connectivity index is 1.52. The van der Waals surface area contributed by atoms with Crippen LogP contribution in [0.4, 0.5) is 0 Å². The van der Waals surface area contributed by atoms with E-state index in [4.69, 9.17) is 0 Å². The normalized spacial score (nSPS) is 13.6. The van der Waals surface area contributed by atoms with Gasteiger partial charge in [0.05, 0.1) is 21.5 Å². The van der Waals surface area contributed by atoms with Crippen LogP contribution in [0, 0.1) is 0 Å². The third-order valence-electron chi connectivity index (χ3n) is 4.66. The van der Waals surface area contributed by atoms with E-state index >= 15 is 0 Å². The van der Waals surface area contributed by atoms with Gasteiger partial charge < -0.3 is 5.32 Å². The summed E-state index contributed by atoms with van der Waals surface area (Å²) in [5.41, 5.74) is 2.22. The Morgan fingerprint density at radius 1 is 1.14 bits per heavy atom. The number of fused-ring (bicyclic) bond motifs is 3. The maximum absolute atomic E-state index is 12.9. The first-order chi connectivity index (χ1) is 13.7. The molecule has 2 heterocycles. The number of benzene rings is 2. The number of para-hydroxylation sites is 1. The minimum atomic E-state index is -0.269. The van der Waals surface area contributed by atoms with Crippen molar-refractivity contribution in [1.29, 1.82) is 0 Å². The Hall–Kier alpha value is -2.38. The SMILES string of the molecule is CCCC(NC(=O)C(C)Sc1nnc2sc3ccccc3n12)c1ccccc1. The van der Waals surface area contributed by atoms with Crippen molar-refractivity contribution in [2.24, 2.45) is 0 Å². The van der Waals surface area contributed by atoms with Crippen LogP contribution in [0.1, 0.15) is 38.3 Å². The molecule has 5 nitrogen and oxygen atoms in total. The third kappa shape index (κ3) is 3.77. The third-order valence-corrected chi connectivity index (χ3v) is 6.71. The molecular formula is C21H22N4OS2. The summed E-state index contributed by atoms with van der Waals surface area (Å²) in [7, 11) is 0. The van der Waals surface area contributed by atoms with Crippen LogP contribution in [-0.2, 0) is 4.79 Å². The lowest BCUT2D eigenvalue weighted by Gasteiger charge is -2.20. The van der Waals surface area contributed by atoms with Gasteiger partial charge in [-0.3, -0.25) is 9.20 Å². The van der Waals surface area contributed by atoms with E-state index in [1.807, 2.05) is 41.7 Å². The Kier molecular flexibility index (Phi) is 5.64. The molecule has 0 aliphatic rings. The van der Waals surface area contributed by atoms with E-state index < -0.39 is 0 Å². The standard InChI is InChI=1S/C21H22N4OS2/c1-3-9-16(15-10-5-4-6-11-15)22-19(26)14(2)27-20-23-24-21-25(20)17-12-7-8-13-18(17)28-21/h4-8,10-14,16H,3,9H2,1-2H3,(H,22,26). The molecule has 0 saturated heterocycles. The van der Waals surface area contributed by atoms with Gasteiger partial charge in [0.1, 0.15) is 0 Å². The monoisotopic (exact) mass is 410 g/mol. The molecular weight excluding hydrogens is 388 g/mol. The van der Waals surface area contributed by atoms with Crippen molar-refractivity contribution in [3.05, 3.63) is 60.2 Å². The van der Waals surface area contributed by atoms with Gasteiger partial charge in [-0.1, -0.05) is 78.9 Å². The van der Waals surface area contributed by atoms with E-state index in [2.05, 4.69) is 46.7 Å². The Bertz CT molecular complexity index is 1090. The fourth-order valence-electron chi connectivity index (χ4n) is 3.23. The summed E-state index contributed by atoms with van der Waals surface area (Å²) in [6.45, 7) is 4.05. The molecule has 28 heavy (non-hydrogen) atoms. The van der Waals surface area contributed by atoms with Gasteiger partial charge in [-0.15, -0.1) is 10.2 Å². The molecule has 0 radical (unpaired) electrons. The molecule has 0 aliphatic heterocycles. The van der Waals surface area contributed by atoms with Gasteiger partial charge >= 0.3 is 0 Å². The topological polar surface area (TPSA) is 59.3 Å². The van der Waals surface area contributed by atoms with Crippen LogP contribution in [-0.4, -0.2) is 25.8 Å². The van der Waals surface area contributed by atoms with E-state index in [0.29, 0.717) is 0 Å². The van der Waals surface area contributed by atoms with Crippen LogP contribution < -0.4 is 5.32 Å². The highest BCUT2D eigenvalue weighted by Gasteiger charge is 2.22. The van der Waals surface area contributed by atoms with Crippen molar-refractivity contribution < 1.29 is 4.79 Å². The lowest BCUT2D eigenvalue weighted by atomic mass is 10.0. The molecule has 1 N–H and O–H groups in total. The number of carbonyl (C=O) groups is 1. The van der Waals surface area contributed by atoms with E-state index in [1.54, 1.807) is 11.3 Å². The number of carbonyl (C=O) groups excluding carboxylic acids is 1. The summed E-state index contributed by atoms with van der Waals surface area (Å²) in [5, 5.41) is 12.3. The van der Waals surface area contributed by atoms with Crippen LogP contribution >= 0.6 is 23.1 Å². The van der Waals surface area contributed by atoms with Crippen LogP contribution in [0.3, 0.4) is 0 Å². The van der Waals surface area contributed by atoms with Crippen molar-refractivity contribution in [1.82, 2.24) is 19.9 Å². The van der Waals surface area contributed by atoms with Gasteiger partial charge in [0, 0.05) is 0 Å². The van der Waals surface area contributed by atoms with Crippen LogP contribution in [0.15, 0.2) is 59.8 Å². The van der Waals surface area contributed by atoms with Gasteiger partial charge in [0.15, 0.2) is 5.16 Å². The summed E-state index contributed by atoms with van der Waals surface area (Å²) in [4.78, 5) is 13.7. The van der Waals surface area contributed by atoms with Crippen molar-refractivity contribution >= 4 is 44.2 Å². The summed E-state index contributed by atoms with van der Waals surface area (Å²) >= 11 is 3.05. The number of hydrogen-bond acceptors (Lipinski definition) is 5. The number of rotatable bonds is 7. The number of aromatic nitrogens is 3. The minimum absolute atomic E-state index is 0.0172. The highest BCUT2D eigenvalue weighted by molar-refractivity contribution is 8.00. The molecule has 2 aromatic carbocycles. The molecule has 0 bridgehead atoms. The molecule has 0 fully saturated rings. The summed E-state index contributed by atoms with van der Waals surface area (Å²) in [6.07, 6.45) is 1.92. The Labute approximate surface area is 172 Å². The second-order valence-electron chi connectivity index (χ2n) is 6.69. The van der Waals surface area contributed by atoms with Gasteiger partial charge in [0.2, 0.25) is 10.9 Å². The molecule has 2 aromatic heterocycles. The summed E-state index contributed by atoms with van der Waals surface area (Å²) in [6, 6.07) is 18.3. The van der Waals surface area contributed by atoms with Crippen LogP contribution in [0.25, 0.3) is 15.2 Å². The Morgan fingerprint density at radius 2 is 1.89 bits per heavy atom. The first kappa shape index (κ1) is 19.0. The smallest absolute Gasteiger partial charge is 0.233 e. The number of nitrogens with one attached hydrogen (secondary N) is 1. The average Bonchev–Trinajstić information content (AvgIpc) is 3.28. The Morgan fingerprint density at radius 3 is 2.68 bits per heavy atom. The van der Waals surface area contributed by atoms with E-state index in [1.165, 1.54) is 16.5 Å². The fourth-order valence-corrected chi connectivity index (χ4v) is 5.12. The number of amides is 1. The second-order valence-corrected chi connectivity index (χ2v) is 9.01. The maximum atomic E-state index is 12.9. The fraction of sp³-hybridized carbons (Fsp3) is 0.286. The number of nitrogens with zero attached hydrogens (tertiary/aromatic N) is 3. The zero-order valence-corrected chi connectivity index (χ0v) is 17.5. The van der Waals surface area contributed by atoms with Crippen LogP contribution in [0.2, 0.25) is 0 Å². The van der Waals surface area contributed by atoms with Crippen molar-refractivity contribution in [3.8, 4) is 0 Å². The van der Waals surface area contributed by atoms with Gasteiger partial charge in [-0.05, 0) is 31.0 Å². The molecule has 2 atom stereocenters. The lowest BCUT2D eigenvalue weighted by molar-refractivity contribution is -0.121. The number of thioether (sulfide) groups is 1. The molecule has 2 unspecified atom stereocenters. The molecule has 4 aromatic rings. The van der Waals surface area contributed by atoms with Crippen molar-refractivity contribution in [3.63, 3.8) is 0 Å². The van der Waals surface area contributed by atoms with Crippen molar-refractivity contribution in [2.45, 2.75) is 43.1 Å². The zero-order valence-electron chi connectivity index (χ0n) is 15.8. The highest BCUT2D eigenvalue weighted by Crippen LogP contribution is 2.31. The molecule has 0 saturated carbocycles. The minimum Gasteiger partial charge on any atom is -0.348 e. The van der Waals surface area contributed by atoms with Crippen molar-refractivity contribution in [2.75, 3.05) is 0 Å². The summed E-state index contributed by atoms with van der Waals surface area (Å²) < 4.78 is 3.20. The predicted molar refractivity (Wildman–Crippen MR) is 116 cm³/mol. The largest absolute Gasteiger partial charge is 0.348 e. The first-order valence-electron chi connectivity index (χ1n) is 9.42. The molecule has 1 amide bonds. The van der Waals surface area contributed by atoms with Gasteiger partial charge in [0.25, 0.3) is 0 Å². The highest BCUT2D eigenvalue weighted by atomic mass is 32.2. The average molecular weight is 411 g/mol. The quantitative estimate of drug-likeness (QED) is 0.432. The zero-order chi connectivity index (χ0) is 19.5. The summed E-state index contributed by atoms with van der Waals surface area (Å²) in [5.74, 6) is 0.0172. The number of thiazole rings is 1. The second kappa shape index (κ2) is 8.32. The van der Waals surface area contributed by atoms with Gasteiger partial charge in [-0.25, -0.2) is 0 Å². The molecule has 4 rings (SSSR count). The molecule has 7 heteroatoms. The van der Waals surface area contributed by atoms with Crippen LogP contribution in [0.5, 0.6) is 0 Å². The predicted octanol–water partition coefficient (Wildman–Crippen LogP) is 5.08. The van der Waals surface area contributed by atoms with Gasteiger partial charge in [-0.2, -0.15) is 0 Å². The molecule has 144 valence electrons. The van der Waals surface area contributed by atoms with E-state index in [-0.39, 0.29) is 17.2 Å². The van der Waals surface area contributed by atoms with E-state index in [9.17, 15) is 4.79 Å². The molecule has 0 spiro atoms. The first-order valence-corrected chi connectivity index (χ1v) is 11.1. The lowest BCUT2D eigenvalue weighted by Crippen LogP contribution is -2.34.